The summed E-state index contributed by atoms with van der Waals surface area (Å²) in [6, 6.07) is 1.35. The van der Waals surface area contributed by atoms with Gasteiger partial charge in [-0.15, -0.1) is 0 Å². The second kappa shape index (κ2) is 7.05. The zero-order valence-corrected chi connectivity index (χ0v) is 13.4. The van der Waals surface area contributed by atoms with Crippen LogP contribution in [0.3, 0.4) is 0 Å². The van der Waals surface area contributed by atoms with Crippen molar-refractivity contribution in [3.8, 4) is 0 Å². The van der Waals surface area contributed by atoms with Gasteiger partial charge in [0.05, 0.1) is 0 Å². The normalized spacial score (nSPS) is 36.3. The number of nitrogens with one attached hydrogen (secondary N) is 1. The third kappa shape index (κ3) is 3.50. The van der Waals surface area contributed by atoms with E-state index in [2.05, 4.69) is 43.2 Å². The second-order valence-electron chi connectivity index (χ2n) is 6.74. The predicted octanol–water partition coefficient (Wildman–Crippen LogP) is 2.04. The molecule has 19 heavy (non-hydrogen) atoms. The van der Waals surface area contributed by atoms with E-state index in [0.717, 1.165) is 11.8 Å². The van der Waals surface area contributed by atoms with Crippen LogP contribution in [-0.2, 0) is 0 Å². The van der Waals surface area contributed by atoms with E-state index in [9.17, 15) is 0 Å². The Bertz CT molecular complexity index is 267. The first-order valence-corrected chi connectivity index (χ1v) is 8.23. The molecule has 0 spiro atoms. The maximum absolute atomic E-state index is 3.69. The molecule has 1 saturated heterocycles. The lowest BCUT2D eigenvalue weighted by atomic mass is 9.72. The van der Waals surface area contributed by atoms with Gasteiger partial charge < -0.3 is 10.2 Å². The van der Waals surface area contributed by atoms with E-state index in [1.807, 2.05) is 0 Å². The zero-order chi connectivity index (χ0) is 13.8. The summed E-state index contributed by atoms with van der Waals surface area (Å²) in [5.74, 6) is 1.81. The monoisotopic (exact) mass is 267 g/mol. The summed E-state index contributed by atoms with van der Waals surface area (Å²) in [6.07, 6.45) is 7.12. The lowest BCUT2D eigenvalue weighted by Gasteiger charge is -2.47. The number of hydrogen-bond acceptors (Lipinski definition) is 3. The van der Waals surface area contributed by atoms with Gasteiger partial charge in [-0.1, -0.05) is 32.6 Å². The first kappa shape index (κ1) is 15.3. The van der Waals surface area contributed by atoms with Gasteiger partial charge in [0, 0.05) is 31.7 Å². The van der Waals surface area contributed by atoms with Crippen molar-refractivity contribution in [2.75, 3.05) is 40.8 Å². The lowest BCUT2D eigenvalue weighted by Crippen LogP contribution is -2.61. The van der Waals surface area contributed by atoms with E-state index in [1.54, 1.807) is 0 Å². The highest BCUT2D eigenvalue weighted by molar-refractivity contribution is 4.95. The molecule has 1 heterocycles. The zero-order valence-electron chi connectivity index (χ0n) is 13.4. The molecule has 1 N–H and O–H groups in total. The van der Waals surface area contributed by atoms with Crippen molar-refractivity contribution < 1.29 is 0 Å². The Kier molecular flexibility index (Phi) is 5.67. The van der Waals surface area contributed by atoms with Crippen LogP contribution in [-0.4, -0.2) is 62.7 Å². The third-order valence-electron chi connectivity index (χ3n) is 5.60. The van der Waals surface area contributed by atoms with Crippen molar-refractivity contribution in [1.82, 2.24) is 15.1 Å². The summed E-state index contributed by atoms with van der Waals surface area (Å²) in [4.78, 5) is 5.08. The molecule has 0 aromatic carbocycles. The van der Waals surface area contributed by atoms with Crippen LogP contribution < -0.4 is 5.32 Å². The molecular formula is C16H33N3. The van der Waals surface area contributed by atoms with E-state index in [0.29, 0.717) is 12.1 Å². The molecule has 0 aromatic heterocycles. The Morgan fingerprint density at radius 3 is 2.58 bits per heavy atom. The Balaban J connectivity index is 2.08. The fourth-order valence-corrected chi connectivity index (χ4v) is 4.34. The molecule has 0 bridgehead atoms. The molecule has 1 aliphatic heterocycles. The standard InChI is InChI=1S/C16H33N3/c1-5-13-8-6-7-9-14(13)16(17-2)15-12-18(3)10-11-19(15)4/h13-17H,5-12H2,1-4H3. The van der Waals surface area contributed by atoms with Crippen molar-refractivity contribution in [3.63, 3.8) is 0 Å². The Hall–Kier alpha value is -0.120. The van der Waals surface area contributed by atoms with Crippen LogP contribution in [0.4, 0.5) is 0 Å². The van der Waals surface area contributed by atoms with Gasteiger partial charge in [0.15, 0.2) is 0 Å². The Labute approximate surface area is 119 Å². The summed E-state index contributed by atoms with van der Waals surface area (Å²) in [5, 5.41) is 3.69. The minimum Gasteiger partial charge on any atom is -0.315 e. The molecule has 0 amide bonds. The molecule has 4 atom stereocenters. The Morgan fingerprint density at radius 2 is 1.89 bits per heavy atom. The highest BCUT2D eigenvalue weighted by Gasteiger charge is 2.37. The fraction of sp³-hybridized carbons (Fsp3) is 1.00. The number of hydrogen-bond donors (Lipinski definition) is 1. The first-order valence-electron chi connectivity index (χ1n) is 8.23. The second-order valence-corrected chi connectivity index (χ2v) is 6.74. The molecule has 0 radical (unpaired) electrons. The molecular weight excluding hydrogens is 234 g/mol. The first-order chi connectivity index (χ1) is 9.17. The summed E-state index contributed by atoms with van der Waals surface area (Å²) in [6.45, 7) is 6.02. The van der Waals surface area contributed by atoms with Gasteiger partial charge in [-0.25, -0.2) is 0 Å². The third-order valence-corrected chi connectivity index (χ3v) is 5.60. The average molecular weight is 267 g/mol. The van der Waals surface area contributed by atoms with E-state index >= 15 is 0 Å². The Morgan fingerprint density at radius 1 is 1.16 bits per heavy atom. The van der Waals surface area contributed by atoms with Gasteiger partial charge in [-0.3, -0.25) is 4.90 Å². The van der Waals surface area contributed by atoms with E-state index < -0.39 is 0 Å². The van der Waals surface area contributed by atoms with Crippen LogP contribution in [0, 0.1) is 11.8 Å². The topological polar surface area (TPSA) is 18.5 Å². The molecule has 4 unspecified atom stereocenters. The quantitative estimate of drug-likeness (QED) is 0.841. The molecule has 3 heteroatoms. The van der Waals surface area contributed by atoms with Gasteiger partial charge in [0.25, 0.3) is 0 Å². The molecule has 1 saturated carbocycles. The maximum atomic E-state index is 3.69. The van der Waals surface area contributed by atoms with Crippen LogP contribution in [0.25, 0.3) is 0 Å². The molecule has 1 aliphatic carbocycles. The van der Waals surface area contributed by atoms with Gasteiger partial charge >= 0.3 is 0 Å². The van der Waals surface area contributed by atoms with Gasteiger partial charge in [0.1, 0.15) is 0 Å². The SMILES string of the molecule is CCC1CCCCC1C(NC)C1CN(C)CCN1C. The van der Waals surface area contributed by atoms with Crippen LogP contribution in [0.5, 0.6) is 0 Å². The van der Waals surface area contributed by atoms with Crippen LogP contribution in [0.2, 0.25) is 0 Å². The number of nitrogens with zero attached hydrogens (tertiary/aromatic N) is 2. The molecule has 0 aromatic rings. The van der Waals surface area contributed by atoms with Crippen LogP contribution >= 0.6 is 0 Å². The smallest absolute Gasteiger partial charge is 0.0376 e. The molecule has 3 nitrogen and oxygen atoms in total. The van der Waals surface area contributed by atoms with Crippen molar-refractivity contribution >= 4 is 0 Å². The van der Waals surface area contributed by atoms with Crippen molar-refractivity contribution in [2.24, 2.45) is 11.8 Å². The maximum Gasteiger partial charge on any atom is 0.0376 e. The molecule has 2 fully saturated rings. The van der Waals surface area contributed by atoms with Crippen LogP contribution in [0.15, 0.2) is 0 Å². The number of likely N-dealkylation sites (N-methyl/N-ethyl adjacent to an activating group) is 3. The van der Waals surface area contributed by atoms with E-state index in [1.165, 1.54) is 51.7 Å². The van der Waals surface area contributed by atoms with Crippen LogP contribution in [0.1, 0.15) is 39.0 Å². The van der Waals surface area contributed by atoms with E-state index in [4.69, 9.17) is 0 Å². The van der Waals surface area contributed by atoms with Crippen molar-refractivity contribution in [1.29, 1.82) is 0 Å². The highest BCUT2D eigenvalue weighted by atomic mass is 15.3. The summed E-state index contributed by atoms with van der Waals surface area (Å²) < 4.78 is 0. The number of rotatable bonds is 4. The fourth-order valence-electron chi connectivity index (χ4n) is 4.34. The lowest BCUT2D eigenvalue weighted by molar-refractivity contribution is 0.0480. The average Bonchev–Trinajstić information content (AvgIpc) is 2.44. The largest absolute Gasteiger partial charge is 0.315 e. The highest BCUT2D eigenvalue weighted by Crippen LogP contribution is 2.36. The van der Waals surface area contributed by atoms with Gasteiger partial charge in [-0.05, 0) is 39.4 Å². The molecule has 2 aliphatic rings. The summed E-state index contributed by atoms with van der Waals surface area (Å²) in [5.41, 5.74) is 0. The van der Waals surface area contributed by atoms with Gasteiger partial charge in [-0.2, -0.15) is 0 Å². The number of piperazine rings is 1. The summed E-state index contributed by atoms with van der Waals surface area (Å²) in [7, 11) is 6.76. The minimum absolute atomic E-state index is 0.665. The predicted molar refractivity (Wildman–Crippen MR) is 82.5 cm³/mol. The van der Waals surface area contributed by atoms with Crippen molar-refractivity contribution in [2.45, 2.75) is 51.1 Å². The van der Waals surface area contributed by atoms with E-state index in [-0.39, 0.29) is 0 Å². The summed E-state index contributed by atoms with van der Waals surface area (Å²) >= 11 is 0. The minimum atomic E-state index is 0.665. The molecule has 112 valence electrons. The van der Waals surface area contributed by atoms with Crippen molar-refractivity contribution in [3.05, 3.63) is 0 Å². The van der Waals surface area contributed by atoms with Gasteiger partial charge in [0.2, 0.25) is 0 Å². The molecule has 2 rings (SSSR count).